The molecule has 1 amide bonds. The van der Waals surface area contributed by atoms with Gasteiger partial charge in [0.1, 0.15) is 5.75 Å². The van der Waals surface area contributed by atoms with E-state index in [9.17, 15) is 9.90 Å². The lowest BCUT2D eigenvalue weighted by Gasteiger charge is -2.02. The number of aryl methyl sites for hydroxylation is 2. The van der Waals surface area contributed by atoms with Crippen LogP contribution in [0.1, 0.15) is 27.0 Å². The second-order valence-electron chi connectivity index (χ2n) is 4.63. The summed E-state index contributed by atoms with van der Waals surface area (Å²) in [6, 6.07) is 12.5. The smallest absolute Gasteiger partial charge is 0.271 e. The SMILES string of the molecule is Cc1cccc(C(=O)N/N=C/c2ccc(C)cc2O)c1. The van der Waals surface area contributed by atoms with Crippen LogP contribution in [0.2, 0.25) is 0 Å². The van der Waals surface area contributed by atoms with E-state index < -0.39 is 0 Å². The molecule has 0 atom stereocenters. The van der Waals surface area contributed by atoms with Crippen LogP contribution in [0.4, 0.5) is 0 Å². The van der Waals surface area contributed by atoms with E-state index in [-0.39, 0.29) is 11.7 Å². The van der Waals surface area contributed by atoms with Gasteiger partial charge in [0.2, 0.25) is 0 Å². The number of rotatable bonds is 3. The summed E-state index contributed by atoms with van der Waals surface area (Å²) in [4.78, 5) is 11.8. The van der Waals surface area contributed by atoms with Crippen molar-refractivity contribution in [3.63, 3.8) is 0 Å². The molecule has 0 saturated heterocycles. The van der Waals surface area contributed by atoms with Crippen molar-refractivity contribution in [2.75, 3.05) is 0 Å². The van der Waals surface area contributed by atoms with Crippen molar-refractivity contribution in [2.45, 2.75) is 13.8 Å². The van der Waals surface area contributed by atoms with Crippen LogP contribution < -0.4 is 5.43 Å². The molecule has 0 saturated carbocycles. The summed E-state index contributed by atoms with van der Waals surface area (Å²) in [5.74, 6) is -0.143. The van der Waals surface area contributed by atoms with Gasteiger partial charge in [-0.2, -0.15) is 5.10 Å². The van der Waals surface area contributed by atoms with Crippen molar-refractivity contribution >= 4 is 12.1 Å². The highest BCUT2D eigenvalue weighted by Gasteiger charge is 2.03. The topological polar surface area (TPSA) is 61.7 Å². The van der Waals surface area contributed by atoms with Gasteiger partial charge in [0.15, 0.2) is 0 Å². The number of hydrogen-bond acceptors (Lipinski definition) is 3. The number of hydrogen-bond donors (Lipinski definition) is 2. The van der Waals surface area contributed by atoms with Crippen LogP contribution in [-0.2, 0) is 0 Å². The summed E-state index contributed by atoms with van der Waals surface area (Å²) >= 11 is 0. The highest BCUT2D eigenvalue weighted by Crippen LogP contribution is 2.16. The zero-order valence-electron chi connectivity index (χ0n) is 11.4. The van der Waals surface area contributed by atoms with E-state index in [1.165, 1.54) is 6.21 Å². The van der Waals surface area contributed by atoms with Crippen LogP contribution in [0.5, 0.6) is 5.75 Å². The molecule has 2 N–H and O–H groups in total. The van der Waals surface area contributed by atoms with E-state index in [0.29, 0.717) is 11.1 Å². The Labute approximate surface area is 117 Å². The van der Waals surface area contributed by atoms with Crippen molar-refractivity contribution in [1.82, 2.24) is 5.43 Å². The summed E-state index contributed by atoms with van der Waals surface area (Å²) in [5.41, 5.74) is 5.52. The average Bonchev–Trinajstić information content (AvgIpc) is 2.41. The Kier molecular flexibility index (Phi) is 4.15. The molecule has 102 valence electrons. The molecular weight excluding hydrogens is 252 g/mol. The fourth-order valence-corrected chi connectivity index (χ4v) is 1.77. The van der Waals surface area contributed by atoms with Crippen molar-refractivity contribution in [3.8, 4) is 5.75 Å². The molecule has 2 aromatic rings. The molecule has 0 unspecified atom stereocenters. The van der Waals surface area contributed by atoms with E-state index in [2.05, 4.69) is 10.5 Å². The lowest BCUT2D eigenvalue weighted by atomic mass is 10.1. The van der Waals surface area contributed by atoms with Crippen LogP contribution in [0, 0.1) is 13.8 Å². The lowest BCUT2D eigenvalue weighted by Crippen LogP contribution is -2.17. The number of hydrazone groups is 1. The van der Waals surface area contributed by atoms with Gasteiger partial charge in [-0.05, 0) is 43.7 Å². The Morgan fingerprint density at radius 3 is 2.60 bits per heavy atom. The molecule has 20 heavy (non-hydrogen) atoms. The number of carbonyl (C=O) groups excluding carboxylic acids is 1. The van der Waals surface area contributed by atoms with Crippen molar-refractivity contribution in [2.24, 2.45) is 5.10 Å². The minimum Gasteiger partial charge on any atom is -0.507 e. The van der Waals surface area contributed by atoms with Crippen LogP contribution in [0.3, 0.4) is 0 Å². The number of phenolic OH excluding ortho intramolecular Hbond substituents is 1. The highest BCUT2D eigenvalue weighted by atomic mass is 16.3. The first-order valence-electron chi connectivity index (χ1n) is 6.26. The van der Waals surface area contributed by atoms with Gasteiger partial charge in [0.25, 0.3) is 5.91 Å². The molecule has 0 bridgehead atoms. The molecule has 0 aliphatic heterocycles. The Morgan fingerprint density at radius 2 is 1.90 bits per heavy atom. The fourth-order valence-electron chi connectivity index (χ4n) is 1.77. The summed E-state index contributed by atoms with van der Waals surface area (Å²) < 4.78 is 0. The molecule has 4 heteroatoms. The van der Waals surface area contributed by atoms with Gasteiger partial charge >= 0.3 is 0 Å². The molecule has 4 nitrogen and oxygen atoms in total. The van der Waals surface area contributed by atoms with Crippen molar-refractivity contribution in [1.29, 1.82) is 0 Å². The summed E-state index contributed by atoms with van der Waals surface area (Å²) in [6.07, 6.45) is 1.42. The summed E-state index contributed by atoms with van der Waals surface area (Å²) in [6.45, 7) is 3.81. The van der Waals surface area contributed by atoms with Crippen molar-refractivity contribution < 1.29 is 9.90 Å². The summed E-state index contributed by atoms with van der Waals surface area (Å²) in [5, 5.41) is 13.6. The molecule has 0 aliphatic carbocycles. The number of nitrogens with zero attached hydrogens (tertiary/aromatic N) is 1. The molecule has 0 heterocycles. The molecular formula is C16H16N2O2. The maximum absolute atomic E-state index is 11.8. The van der Waals surface area contributed by atoms with E-state index in [4.69, 9.17) is 0 Å². The highest BCUT2D eigenvalue weighted by molar-refractivity contribution is 5.95. The zero-order valence-corrected chi connectivity index (χ0v) is 11.4. The van der Waals surface area contributed by atoms with Gasteiger partial charge in [-0.15, -0.1) is 0 Å². The average molecular weight is 268 g/mol. The van der Waals surface area contributed by atoms with E-state index in [1.807, 2.05) is 32.0 Å². The van der Waals surface area contributed by atoms with Gasteiger partial charge in [0.05, 0.1) is 6.21 Å². The first-order valence-corrected chi connectivity index (χ1v) is 6.26. The first kappa shape index (κ1) is 13.8. The minimum absolute atomic E-state index is 0.138. The monoisotopic (exact) mass is 268 g/mol. The van der Waals surface area contributed by atoms with Crippen LogP contribution in [-0.4, -0.2) is 17.2 Å². The zero-order chi connectivity index (χ0) is 14.5. The molecule has 0 aromatic heterocycles. The minimum atomic E-state index is -0.281. The predicted octanol–water partition coefficient (Wildman–Crippen LogP) is 2.77. The van der Waals surface area contributed by atoms with E-state index in [1.54, 1.807) is 24.3 Å². The standard InChI is InChI=1S/C16H16N2O2/c1-11-4-3-5-13(8-11)16(20)18-17-10-14-7-6-12(2)9-15(14)19/h3-10,19H,1-2H3,(H,18,20)/b17-10+. The lowest BCUT2D eigenvalue weighted by molar-refractivity contribution is 0.0955. The van der Waals surface area contributed by atoms with Crippen LogP contribution in [0.25, 0.3) is 0 Å². The number of benzene rings is 2. The third-order valence-corrected chi connectivity index (χ3v) is 2.84. The summed E-state index contributed by atoms with van der Waals surface area (Å²) in [7, 11) is 0. The van der Waals surface area contributed by atoms with Crippen molar-refractivity contribution in [3.05, 3.63) is 64.7 Å². The third kappa shape index (κ3) is 3.45. The van der Waals surface area contributed by atoms with Gasteiger partial charge < -0.3 is 5.11 Å². The molecule has 0 radical (unpaired) electrons. The second kappa shape index (κ2) is 6.02. The molecule has 2 rings (SSSR count). The maximum Gasteiger partial charge on any atom is 0.271 e. The van der Waals surface area contributed by atoms with E-state index >= 15 is 0 Å². The van der Waals surface area contributed by atoms with Gasteiger partial charge in [0, 0.05) is 11.1 Å². The quantitative estimate of drug-likeness (QED) is 0.664. The Hall–Kier alpha value is -2.62. The van der Waals surface area contributed by atoms with Gasteiger partial charge in [-0.1, -0.05) is 23.8 Å². The number of carbonyl (C=O) groups is 1. The Balaban J connectivity index is 2.04. The first-order chi connectivity index (χ1) is 9.56. The molecule has 2 aromatic carbocycles. The number of nitrogens with one attached hydrogen (secondary N) is 1. The van der Waals surface area contributed by atoms with Gasteiger partial charge in [-0.25, -0.2) is 5.43 Å². The molecule has 0 spiro atoms. The normalized spacial score (nSPS) is 10.7. The van der Waals surface area contributed by atoms with Crippen LogP contribution >= 0.6 is 0 Å². The molecule has 0 aliphatic rings. The fraction of sp³-hybridized carbons (Fsp3) is 0.125. The second-order valence-corrected chi connectivity index (χ2v) is 4.63. The number of aromatic hydroxyl groups is 1. The predicted molar refractivity (Wildman–Crippen MR) is 79.1 cm³/mol. The number of phenols is 1. The maximum atomic E-state index is 11.8. The molecule has 0 fully saturated rings. The third-order valence-electron chi connectivity index (χ3n) is 2.84. The Morgan fingerprint density at radius 1 is 1.15 bits per heavy atom. The van der Waals surface area contributed by atoms with Gasteiger partial charge in [-0.3, -0.25) is 4.79 Å². The van der Waals surface area contributed by atoms with E-state index in [0.717, 1.165) is 11.1 Å². The largest absolute Gasteiger partial charge is 0.507 e. The number of amides is 1. The van der Waals surface area contributed by atoms with Crippen LogP contribution in [0.15, 0.2) is 47.6 Å². The Bertz CT molecular complexity index is 663.